The summed E-state index contributed by atoms with van der Waals surface area (Å²) in [6.07, 6.45) is 2.57. The van der Waals surface area contributed by atoms with E-state index in [2.05, 4.69) is 18.7 Å². The zero-order chi connectivity index (χ0) is 17.7. The quantitative estimate of drug-likeness (QED) is 0.797. The van der Waals surface area contributed by atoms with E-state index in [0.29, 0.717) is 38.6 Å². The third-order valence-electron chi connectivity index (χ3n) is 5.51. The first-order valence-electron chi connectivity index (χ1n) is 9.31. The lowest BCUT2D eigenvalue weighted by atomic mass is 9.87. The Morgan fingerprint density at radius 3 is 2.33 bits per heavy atom. The number of hydrogen-bond acceptors (Lipinski definition) is 4. The maximum Gasteiger partial charge on any atom is 0.308 e. The molecule has 2 rings (SSSR count). The molecule has 0 aromatic rings. The lowest BCUT2D eigenvalue weighted by Gasteiger charge is -2.43. The van der Waals surface area contributed by atoms with Gasteiger partial charge >= 0.3 is 5.97 Å². The molecule has 2 aliphatic rings. The van der Waals surface area contributed by atoms with Gasteiger partial charge in [-0.2, -0.15) is 0 Å². The van der Waals surface area contributed by atoms with Crippen molar-refractivity contribution >= 4 is 11.9 Å². The SMILES string of the molecule is CCC(CC)C(C(=O)N1CC(C)CC(C(=O)O)C1)N1CCOCC1. The Morgan fingerprint density at radius 1 is 1.17 bits per heavy atom. The van der Waals surface area contributed by atoms with Gasteiger partial charge in [0.2, 0.25) is 5.91 Å². The Balaban J connectivity index is 2.17. The molecule has 0 aliphatic carbocycles. The van der Waals surface area contributed by atoms with E-state index in [0.717, 1.165) is 25.9 Å². The molecule has 6 heteroatoms. The highest BCUT2D eigenvalue weighted by Crippen LogP contribution is 2.27. The number of carbonyl (C=O) groups is 2. The summed E-state index contributed by atoms with van der Waals surface area (Å²) < 4.78 is 5.44. The van der Waals surface area contributed by atoms with Gasteiger partial charge in [0, 0.05) is 26.2 Å². The number of likely N-dealkylation sites (tertiary alicyclic amines) is 1. The molecule has 0 saturated carbocycles. The Kier molecular flexibility index (Phi) is 7.04. The first kappa shape index (κ1) is 19.2. The number of rotatable bonds is 6. The van der Waals surface area contributed by atoms with E-state index in [1.165, 1.54) is 0 Å². The number of nitrogens with zero attached hydrogens (tertiary/aromatic N) is 2. The van der Waals surface area contributed by atoms with E-state index in [9.17, 15) is 14.7 Å². The smallest absolute Gasteiger partial charge is 0.308 e. The van der Waals surface area contributed by atoms with Crippen LogP contribution in [0, 0.1) is 17.8 Å². The van der Waals surface area contributed by atoms with Crippen LogP contribution in [-0.4, -0.2) is 72.2 Å². The van der Waals surface area contributed by atoms with Gasteiger partial charge in [-0.25, -0.2) is 0 Å². The van der Waals surface area contributed by atoms with E-state index >= 15 is 0 Å². The van der Waals surface area contributed by atoms with E-state index < -0.39 is 11.9 Å². The molecular weight excluding hydrogens is 308 g/mol. The van der Waals surface area contributed by atoms with E-state index in [1.54, 1.807) is 0 Å². The van der Waals surface area contributed by atoms with Crippen molar-refractivity contribution in [3.63, 3.8) is 0 Å². The van der Waals surface area contributed by atoms with Crippen LogP contribution in [0.25, 0.3) is 0 Å². The predicted octanol–water partition coefficient (Wildman–Crippen LogP) is 1.69. The van der Waals surface area contributed by atoms with Gasteiger partial charge in [0.05, 0.1) is 25.2 Å². The fraction of sp³-hybridized carbons (Fsp3) is 0.889. The van der Waals surface area contributed by atoms with Crippen LogP contribution in [0.1, 0.15) is 40.0 Å². The van der Waals surface area contributed by atoms with Crippen molar-refractivity contribution in [2.45, 2.75) is 46.1 Å². The molecule has 1 N–H and O–H groups in total. The maximum absolute atomic E-state index is 13.3. The second-order valence-electron chi connectivity index (χ2n) is 7.29. The summed E-state index contributed by atoms with van der Waals surface area (Å²) in [7, 11) is 0. The summed E-state index contributed by atoms with van der Waals surface area (Å²) in [5, 5.41) is 9.38. The summed E-state index contributed by atoms with van der Waals surface area (Å²) in [6, 6.07) is -0.149. The summed E-state index contributed by atoms with van der Waals surface area (Å²) in [6.45, 7) is 10.2. The lowest BCUT2D eigenvalue weighted by Crippen LogP contribution is -2.58. The van der Waals surface area contributed by atoms with Gasteiger partial charge in [0.25, 0.3) is 0 Å². The Morgan fingerprint density at radius 2 is 1.79 bits per heavy atom. The molecule has 0 aromatic heterocycles. The first-order valence-corrected chi connectivity index (χ1v) is 9.31. The second-order valence-corrected chi connectivity index (χ2v) is 7.29. The largest absolute Gasteiger partial charge is 0.481 e. The van der Waals surface area contributed by atoms with Crippen molar-refractivity contribution < 1.29 is 19.4 Å². The summed E-state index contributed by atoms with van der Waals surface area (Å²) in [5.74, 6) is -0.579. The van der Waals surface area contributed by atoms with Gasteiger partial charge in [-0.1, -0.05) is 33.6 Å². The van der Waals surface area contributed by atoms with Crippen LogP contribution in [0.3, 0.4) is 0 Å². The van der Waals surface area contributed by atoms with Crippen LogP contribution in [0.2, 0.25) is 0 Å². The molecule has 2 saturated heterocycles. The zero-order valence-corrected chi connectivity index (χ0v) is 15.2. The Bertz CT molecular complexity index is 433. The van der Waals surface area contributed by atoms with Crippen molar-refractivity contribution in [2.24, 2.45) is 17.8 Å². The average molecular weight is 340 g/mol. The van der Waals surface area contributed by atoms with Crippen molar-refractivity contribution in [1.29, 1.82) is 0 Å². The second kappa shape index (κ2) is 8.81. The van der Waals surface area contributed by atoms with Crippen molar-refractivity contribution in [1.82, 2.24) is 9.80 Å². The molecule has 6 nitrogen and oxygen atoms in total. The van der Waals surface area contributed by atoms with Gasteiger partial charge in [0.1, 0.15) is 0 Å². The molecular formula is C18H32N2O4. The fourth-order valence-corrected chi connectivity index (χ4v) is 4.14. The summed E-state index contributed by atoms with van der Waals surface area (Å²) in [5.41, 5.74) is 0. The molecule has 3 unspecified atom stereocenters. The Hall–Kier alpha value is -1.14. The molecule has 0 spiro atoms. The average Bonchev–Trinajstić information content (AvgIpc) is 2.59. The summed E-state index contributed by atoms with van der Waals surface area (Å²) in [4.78, 5) is 28.8. The van der Waals surface area contributed by atoms with E-state index in [1.807, 2.05) is 11.8 Å². The van der Waals surface area contributed by atoms with Gasteiger partial charge < -0.3 is 14.7 Å². The monoisotopic (exact) mass is 340 g/mol. The number of ether oxygens (including phenoxy) is 1. The van der Waals surface area contributed by atoms with Crippen LogP contribution < -0.4 is 0 Å². The normalized spacial score (nSPS) is 27.2. The number of piperidine rings is 1. The van der Waals surface area contributed by atoms with Crippen LogP contribution in [0.15, 0.2) is 0 Å². The number of hydrogen-bond donors (Lipinski definition) is 1. The van der Waals surface area contributed by atoms with E-state index in [-0.39, 0.29) is 17.9 Å². The van der Waals surface area contributed by atoms with Gasteiger partial charge in [-0.3, -0.25) is 14.5 Å². The highest BCUT2D eigenvalue weighted by atomic mass is 16.5. The molecule has 138 valence electrons. The molecule has 0 radical (unpaired) electrons. The van der Waals surface area contributed by atoms with Gasteiger partial charge in [-0.15, -0.1) is 0 Å². The highest BCUT2D eigenvalue weighted by Gasteiger charge is 2.39. The van der Waals surface area contributed by atoms with Crippen molar-refractivity contribution in [3.8, 4) is 0 Å². The molecule has 24 heavy (non-hydrogen) atoms. The molecule has 0 aromatic carbocycles. The maximum atomic E-state index is 13.3. The number of carboxylic acid groups (broad SMARTS) is 1. The molecule has 2 fully saturated rings. The third-order valence-corrected chi connectivity index (χ3v) is 5.51. The van der Waals surface area contributed by atoms with E-state index in [4.69, 9.17) is 4.74 Å². The molecule has 2 aliphatic heterocycles. The number of carbonyl (C=O) groups excluding carboxylic acids is 1. The number of amides is 1. The molecule has 0 bridgehead atoms. The van der Waals surface area contributed by atoms with Crippen LogP contribution >= 0.6 is 0 Å². The first-order chi connectivity index (χ1) is 11.5. The minimum Gasteiger partial charge on any atom is -0.481 e. The molecule has 2 heterocycles. The number of carboxylic acids is 1. The molecule has 1 amide bonds. The number of aliphatic carboxylic acids is 1. The Labute approximate surface area is 145 Å². The van der Waals surface area contributed by atoms with Crippen LogP contribution in [-0.2, 0) is 14.3 Å². The third kappa shape index (κ3) is 4.48. The minimum absolute atomic E-state index is 0.114. The van der Waals surface area contributed by atoms with Crippen LogP contribution in [0.5, 0.6) is 0 Å². The van der Waals surface area contributed by atoms with Gasteiger partial charge in [-0.05, 0) is 18.3 Å². The van der Waals surface area contributed by atoms with Gasteiger partial charge in [0.15, 0.2) is 0 Å². The zero-order valence-electron chi connectivity index (χ0n) is 15.2. The fourth-order valence-electron chi connectivity index (χ4n) is 4.14. The van der Waals surface area contributed by atoms with Crippen molar-refractivity contribution in [3.05, 3.63) is 0 Å². The predicted molar refractivity (Wildman–Crippen MR) is 91.7 cm³/mol. The minimum atomic E-state index is -0.787. The topological polar surface area (TPSA) is 70.1 Å². The van der Waals surface area contributed by atoms with Crippen LogP contribution in [0.4, 0.5) is 0 Å². The molecule has 3 atom stereocenters. The van der Waals surface area contributed by atoms with Crippen molar-refractivity contribution in [2.75, 3.05) is 39.4 Å². The standard InChI is InChI=1S/C18H32N2O4/c1-4-14(5-2)16(19-6-8-24-9-7-19)17(21)20-11-13(3)10-15(12-20)18(22)23/h13-16H,4-12H2,1-3H3,(H,22,23). The number of morpholine rings is 1. The highest BCUT2D eigenvalue weighted by molar-refractivity contribution is 5.83. The summed E-state index contributed by atoms with van der Waals surface area (Å²) >= 11 is 0. The lowest BCUT2D eigenvalue weighted by molar-refractivity contribution is -0.150.